The SMILES string of the molecule is CCCCCCCCc1cnc(CCN)s1. The Morgan fingerprint density at radius 3 is 2.62 bits per heavy atom. The van der Waals surface area contributed by atoms with Crippen LogP contribution in [-0.4, -0.2) is 11.5 Å². The number of unbranched alkanes of at least 4 members (excludes halogenated alkanes) is 5. The first-order valence-corrected chi connectivity index (χ1v) is 7.32. The highest BCUT2D eigenvalue weighted by atomic mass is 32.1. The van der Waals surface area contributed by atoms with Crippen molar-refractivity contribution in [1.29, 1.82) is 0 Å². The van der Waals surface area contributed by atoms with Crippen molar-refractivity contribution in [2.24, 2.45) is 5.73 Å². The van der Waals surface area contributed by atoms with Gasteiger partial charge in [-0.25, -0.2) is 4.98 Å². The molecule has 1 heterocycles. The highest BCUT2D eigenvalue weighted by Gasteiger charge is 2.00. The molecule has 0 saturated carbocycles. The molecule has 0 spiro atoms. The van der Waals surface area contributed by atoms with Gasteiger partial charge < -0.3 is 5.73 Å². The average molecular weight is 240 g/mol. The lowest BCUT2D eigenvalue weighted by Gasteiger charge is -1.98. The number of nitrogens with two attached hydrogens (primary N) is 1. The summed E-state index contributed by atoms with van der Waals surface area (Å²) in [5, 5.41) is 1.20. The number of nitrogens with zero attached hydrogens (tertiary/aromatic N) is 1. The van der Waals surface area contributed by atoms with Crippen LogP contribution in [0.25, 0.3) is 0 Å². The van der Waals surface area contributed by atoms with Crippen molar-refractivity contribution in [3.63, 3.8) is 0 Å². The first-order chi connectivity index (χ1) is 7.86. The third-order valence-electron chi connectivity index (χ3n) is 2.74. The zero-order valence-electron chi connectivity index (χ0n) is 10.4. The molecule has 2 nitrogen and oxygen atoms in total. The van der Waals surface area contributed by atoms with Crippen LogP contribution in [0.15, 0.2) is 6.20 Å². The summed E-state index contributed by atoms with van der Waals surface area (Å²) in [5.74, 6) is 0. The molecule has 0 amide bonds. The maximum atomic E-state index is 5.50. The summed E-state index contributed by atoms with van der Waals surface area (Å²) in [7, 11) is 0. The molecular formula is C13H24N2S. The van der Waals surface area contributed by atoms with Crippen LogP contribution in [0.4, 0.5) is 0 Å². The van der Waals surface area contributed by atoms with Crippen LogP contribution in [0.3, 0.4) is 0 Å². The van der Waals surface area contributed by atoms with E-state index in [0.717, 1.165) is 6.42 Å². The third kappa shape index (κ3) is 5.61. The smallest absolute Gasteiger partial charge is 0.0940 e. The molecule has 0 fully saturated rings. The minimum absolute atomic E-state index is 0.712. The fourth-order valence-electron chi connectivity index (χ4n) is 1.78. The molecule has 1 rings (SSSR count). The van der Waals surface area contributed by atoms with E-state index in [-0.39, 0.29) is 0 Å². The van der Waals surface area contributed by atoms with Crippen LogP contribution in [0.5, 0.6) is 0 Å². The minimum atomic E-state index is 0.712. The van der Waals surface area contributed by atoms with Gasteiger partial charge in [-0.15, -0.1) is 11.3 Å². The average Bonchev–Trinajstić information content (AvgIpc) is 2.72. The predicted molar refractivity (Wildman–Crippen MR) is 72.0 cm³/mol. The standard InChI is InChI=1S/C13H24N2S/c1-2-3-4-5-6-7-8-12-11-15-13(16-12)9-10-14/h11H,2-10,14H2,1H3. The molecule has 2 N–H and O–H groups in total. The lowest BCUT2D eigenvalue weighted by molar-refractivity contribution is 0.609. The van der Waals surface area contributed by atoms with Crippen molar-refractivity contribution < 1.29 is 0 Å². The Hall–Kier alpha value is -0.410. The van der Waals surface area contributed by atoms with Gasteiger partial charge in [0.1, 0.15) is 0 Å². The number of hydrogen-bond donors (Lipinski definition) is 1. The van der Waals surface area contributed by atoms with Crippen molar-refractivity contribution in [3.8, 4) is 0 Å². The molecule has 0 aliphatic carbocycles. The fourth-order valence-corrected chi connectivity index (χ4v) is 2.76. The van der Waals surface area contributed by atoms with E-state index in [9.17, 15) is 0 Å². The van der Waals surface area contributed by atoms with Gasteiger partial charge in [0.2, 0.25) is 0 Å². The molecule has 92 valence electrons. The molecule has 0 atom stereocenters. The molecule has 0 bridgehead atoms. The van der Waals surface area contributed by atoms with E-state index in [1.807, 2.05) is 17.5 Å². The molecule has 0 aromatic carbocycles. The summed E-state index contributed by atoms with van der Waals surface area (Å²) in [4.78, 5) is 5.80. The third-order valence-corrected chi connectivity index (χ3v) is 3.85. The van der Waals surface area contributed by atoms with E-state index in [0.29, 0.717) is 6.54 Å². The van der Waals surface area contributed by atoms with Gasteiger partial charge in [0, 0.05) is 17.5 Å². The van der Waals surface area contributed by atoms with Crippen LogP contribution in [0.2, 0.25) is 0 Å². The second-order valence-corrected chi connectivity index (χ2v) is 5.48. The number of aromatic nitrogens is 1. The largest absolute Gasteiger partial charge is 0.330 e. The molecule has 1 aromatic heterocycles. The summed E-state index contributed by atoms with van der Waals surface area (Å²) in [6.45, 7) is 2.97. The molecule has 16 heavy (non-hydrogen) atoms. The van der Waals surface area contributed by atoms with Gasteiger partial charge in [0.15, 0.2) is 0 Å². The Balaban J connectivity index is 2.07. The van der Waals surface area contributed by atoms with Crippen molar-refractivity contribution in [2.75, 3.05) is 6.54 Å². The summed E-state index contributed by atoms with van der Waals surface area (Å²) in [6.07, 6.45) is 12.4. The van der Waals surface area contributed by atoms with E-state index < -0.39 is 0 Å². The second-order valence-electron chi connectivity index (χ2n) is 4.28. The van der Waals surface area contributed by atoms with Crippen molar-refractivity contribution in [1.82, 2.24) is 4.98 Å². The highest BCUT2D eigenvalue weighted by Crippen LogP contribution is 2.16. The first-order valence-electron chi connectivity index (χ1n) is 6.50. The normalized spacial score (nSPS) is 10.9. The van der Waals surface area contributed by atoms with Crippen LogP contribution in [0, 0.1) is 0 Å². The Kier molecular flexibility index (Phi) is 7.43. The summed E-state index contributed by atoms with van der Waals surface area (Å²) >= 11 is 1.83. The van der Waals surface area contributed by atoms with E-state index in [2.05, 4.69) is 11.9 Å². The van der Waals surface area contributed by atoms with Gasteiger partial charge in [-0.3, -0.25) is 0 Å². The first kappa shape index (κ1) is 13.7. The van der Waals surface area contributed by atoms with E-state index >= 15 is 0 Å². The zero-order chi connectivity index (χ0) is 11.6. The lowest BCUT2D eigenvalue weighted by Crippen LogP contribution is -2.01. The molecule has 0 saturated heterocycles. The second kappa shape index (κ2) is 8.71. The Morgan fingerprint density at radius 2 is 1.88 bits per heavy atom. The predicted octanol–water partition coefficient (Wildman–Crippen LogP) is 3.55. The van der Waals surface area contributed by atoms with Gasteiger partial charge in [-0.1, -0.05) is 39.0 Å². The van der Waals surface area contributed by atoms with Gasteiger partial charge in [0.05, 0.1) is 5.01 Å². The molecule has 0 aliphatic rings. The van der Waals surface area contributed by atoms with Gasteiger partial charge in [-0.2, -0.15) is 0 Å². The molecule has 0 radical (unpaired) electrons. The number of hydrogen-bond acceptors (Lipinski definition) is 3. The molecule has 0 unspecified atom stereocenters. The Morgan fingerprint density at radius 1 is 1.12 bits per heavy atom. The molecule has 3 heteroatoms. The zero-order valence-corrected chi connectivity index (χ0v) is 11.2. The molecular weight excluding hydrogens is 216 g/mol. The maximum absolute atomic E-state index is 5.50. The maximum Gasteiger partial charge on any atom is 0.0940 e. The van der Waals surface area contributed by atoms with Crippen LogP contribution < -0.4 is 5.73 Å². The van der Waals surface area contributed by atoms with Crippen LogP contribution in [-0.2, 0) is 12.8 Å². The fraction of sp³-hybridized carbons (Fsp3) is 0.769. The van der Waals surface area contributed by atoms with Crippen LogP contribution in [0.1, 0.15) is 55.3 Å². The van der Waals surface area contributed by atoms with Crippen LogP contribution >= 0.6 is 11.3 Å². The van der Waals surface area contributed by atoms with Gasteiger partial charge >= 0.3 is 0 Å². The summed E-state index contributed by atoms with van der Waals surface area (Å²) in [5.41, 5.74) is 5.50. The summed E-state index contributed by atoms with van der Waals surface area (Å²) < 4.78 is 0. The van der Waals surface area contributed by atoms with E-state index in [1.54, 1.807) is 0 Å². The Labute approximate surface area is 103 Å². The molecule has 0 aliphatic heterocycles. The highest BCUT2D eigenvalue weighted by molar-refractivity contribution is 7.11. The monoisotopic (exact) mass is 240 g/mol. The minimum Gasteiger partial charge on any atom is -0.330 e. The van der Waals surface area contributed by atoms with Gasteiger partial charge in [-0.05, 0) is 19.4 Å². The van der Waals surface area contributed by atoms with Crippen molar-refractivity contribution in [3.05, 3.63) is 16.1 Å². The number of rotatable bonds is 9. The summed E-state index contributed by atoms with van der Waals surface area (Å²) in [6, 6.07) is 0. The number of aryl methyl sites for hydroxylation is 1. The van der Waals surface area contributed by atoms with E-state index in [1.165, 1.54) is 54.8 Å². The topological polar surface area (TPSA) is 38.9 Å². The Bertz CT molecular complexity index is 271. The lowest BCUT2D eigenvalue weighted by atomic mass is 10.1. The van der Waals surface area contributed by atoms with Crippen molar-refractivity contribution >= 4 is 11.3 Å². The van der Waals surface area contributed by atoms with Crippen molar-refractivity contribution in [2.45, 2.75) is 58.3 Å². The molecule has 1 aromatic rings. The van der Waals surface area contributed by atoms with E-state index in [4.69, 9.17) is 5.73 Å². The van der Waals surface area contributed by atoms with Gasteiger partial charge in [0.25, 0.3) is 0 Å². The quantitative estimate of drug-likeness (QED) is 0.670. The number of thiazole rings is 1.